The van der Waals surface area contributed by atoms with Crippen LogP contribution in [-0.4, -0.2) is 29.2 Å². The van der Waals surface area contributed by atoms with E-state index >= 15 is 0 Å². The Bertz CT molecular complexity index is 700. The number of amides is 1. The van der Waals surface area contributed by atoms with Gasteiger partial charge in [0.2, 0.25) is 0 Å². The fourth-order valence-corrected chi connectivity index (χ4v) is 2.72. The van der Waals surface area contributed by atoms with E-state index in [0.29, 0.717) is 18.9 Å². The van der Waals surface area contributed by atoms with Gasteiger partial charge in [0.05, 0.1) is 19.8 Å². The molecular weight excluding hydrogens is 294 g/mol. The number of nitrogens with one attached hydrogen (secondary N) is 1. The Kier molecular flexibility index (Phi) is 4.34. The van der Waals surface area contributed by atoms with Gasteiger partial charge in [-0.15, -0.1) is 0 Å². The maximum atomic E-state index is 12.4. The molecule has 2 aromatic rings. The summed E-state index contributed by atoms with van der Waals surface area (Å²) < 4.78 is 12.6. The minimum Gasteiger partial charge on any atom is -0.496 e. The van der Waals surface area contributed by atoms with Crippen LogP contribution in [0.25, 0.3) is 0 Å². The van der Waals surface area contributed by atoms with Crippen LogP contribution in [0.15, 0.2) is 24.4 Å². The van der Waals surface area contributed by atoms with Crippen molar-refractivity contribution in [1.82, 2.24) is 14.9 Å². The summed E-state index contributed by atoms with van der Waals surface area (Å²) in [5, 5.41) is 2.99. The molecule has 2 heterocycles. The van der Waals surface area contributed by atoms with Crippen LogP contribution < -0.4 is 10.1 Å². The fraction of sp³-hybridized carbons (Fsp3) is 0.412. The van der Waals surface area contributed by atoms with Crippen molar-refractivity contribution in [3.05, 3.63) is 47.0 Å². The number of hydrogen-bond donors (Lipinski definition) is 1. The van der Waals surface area contributed by atoms with Gasteiger partial charge in [-0.2, -0.15) is 0 Å². The average Bonchev–Trinajstić information content (AvgIpc) is 2.99. The summed E-state index contributed by atoms with van der Waals surface area (Å²) in [6.07, 6.45) is 1.79. The van der Waals surface area contributed by atoms with Crippen molar-refractivity contribution in [2.45, 2.75) is 33.0 Å². The molecule has 0 spiro atoms. The highest BCUT2D eigenvalue weighted by Crippen LogP contribution is 2.22. The first-order valence-corrected chi connectivity index (χ1v) is 7.67. The number of benzene rings is 1. The molecule has 23 heavy (non-hydrogen) atoms. The molecule has 1 aromatic carbocycles. The van der Waals surface area contributed by atoms with Crippen LogP contribution >= 0.6 is 0 Å². The number of ether oxygens (including phenoxy) is 2. The number of fused-ring (bicyclic) bond motifs is 1. The molecule has 0 saturated heterocycles. The van der Waals surface area contributed by atoms with Crippen molar-refractivity contribution >= 4 is 5.91 Å². The SMILES string of the molecule is COc1ccc([C@@H](C)NC(=O)c2cn3c(n2)COCC3)cc1C. The lowest BCUT2D eigenvalue weighted by Gasteiger charge is -2.15. The van der Waals surface area contributed by atoms with Crippen molar-refractivity contribution in [2.75, 3.05) is 13.7 Å². The molecule has 0 aliphatic carbocycles. The molecule has 1 aliphatic rings. The van der Waals surface area contributed by atoms with Crippen molar-refractivity contribution in [3.8, 4) is 5.75 Å². The highest BCUT2D eigenvalue weighted by atomic mass is 16.5. The molecular formula is C17H21N3O3. The summed E-state index contributed by atoms with van der Waals surface area (Å²) in [5.74, 6) is 1.47. The van der Waals surface area contributed by atoms with Crippen molar-refractivity contribution < 1.29 is 14.3 Å². The van der Waals surface area contributed by atoms with Crippen LogP contribution in [0.3, 0.4) is 0 Å². The van der Waals surface area contributed by atoms with Crippen LogP contribution in [0.1, 0.15) is 40.4 Å². The maximum Gasteiger partial charge on any atom is 0.271 e. The molecule has 0 fully saturated rings. The summed E-state index contributed by atoms with van der Waals surface area (Å²) in [6, 6.07) is 5.79. The number of carbonyl (C=O) groups is 1. The Morgan fingerprint density at radius 1 is 1.48 bits per heavy atom. The summed E-state index contributed by atoms with van der Waals surface area (Å²) in [4.78, 5) is 16.8. The first-order valence-electron chi connectivity index (χ1n) is 7.67. The number of hydrogen-bond acceptors (Lipinski definition) is 4. The molecule has 1 aromatic heterocycles. The molecule has 1 N–H and O–H groups in total. The molecule has 122 valence electrons. The molecule has 0 unspecified atom stereocenters. The molecule has 6 nitrogen and oxygen atoms in total. The summed E-state index contributed by atoms with van der Waals surface area (Å²) in [5.41, 5.74) is 2.51. The zero-order valence-electron chi connectivity index (χ0n) is 13.6. The van der Waals surface area contributed by atoms with Gasteiger partial charge in [0.1, 0.15) is 23.9 Å². The molecule has 1 amide bonds. The van der Waals surface area contributed by atoms with Crippen LogP contribution in [0.5, 0.6) is 5.75 Å². The van der Waals surface area contributed by atoms with Gasteiger partial charge in [0.25, 0.3) is 5.91 Å². The van der Waals surface area contributed by atoms with E-state index in [9.17, 15) is 4.79 Å². The minimum atomic E-state index is -0.173. The second-order valence-electron chi connectivity index (χ2n) is 5.71. The Balaban J connectivity index is 1.72. The molecule has 6 heteroatoms. The third-order valence-corrected chi connectivity index (χ3v) is 4.07. The first kappa shape index (κ1) is 15.6. The molecule has 0 radical (unpaired) electrons. The number of aryl methyl sites for hydroxylation is 1. The van der Waals surface area contributed by atoms with Gasteiger partial charge >= 0.3 is 0 Å². The van der Waals surface area contributed by atoms with E-state index in [1.807, 2.05) is 36.6 Å². The number of rotatable bonds is 4. The molecule has 0 saturated carbocycles. The minimum absolute atomic E-state index is 0.109. The lowest BCUT2D eigenvalue weighted by atomic mass is 10.0. The van der Waals surface area contributed by atoms with Crippen molar-refractivity contribution in [2.24, 2.45) is 0 Å². The number of aromatic nitrogens is 2. The zero-order valence-corrected chi connectivity index (χ0v) is 13.6. The monoisotopic (exact) mass is 315 g/mol. The largest absolute Gasteiger partial charge is 0.496 e. The Morgan fingerprint density at radius 3 is 3.00 bits per heavy atom. The fourth-order valence-electron chi connectivity index (χ4n) is 2.72. The van der Waals surface area contributed by atoms with E-state index in [-0.39, 0.29) is 11.9 Å². The zero-order chi connectivity index (χ0) is 16.4. The van der Waals surface area contributed by atoms with Crippen molar-refractivity contribution in [3.63, 3.8) is 0 Å². The third kappa shape index (κ3) is 3.22. The second kappa shape index (κ2) is 6.42. The molecule has 3 rings (SSSR count). The van der Waals surface area contributed by atoms with E-state index < -0.39 is 0 Å². The van der Waals surface area contributed by atoms with Gasteiger partial charge in [-0.05, 0) is 31.0 Å². The Labute approximate surface area is 135 Å². The predicted molar refractivity (Wildman–Crippen MR) is 85.5 cm³/mol. The van der Waals surface area contributed by atoms with Crippen LogP contribution in [-0.2, 0) is 17.9 Å². The van der Waals surface area contributed by atoms with Crippen molar-refractivity contribution in [1.29, 1.82) is 0 Å². The number of imidazole rings is 1. The van der Waals surface area contributed by atoms with E-state index in [2.05, 4.69) is 10.3 Å². The summed E-state index contributed by atoms with van der Waals surface area (Å²) in [7, 11) is 1.65. The lowest BCUT2D eigenvalue weighted by Crippen LogP contribution is -2.27. The predicted octanol–water partition coefficient (Wildman–Crippen LogP) is 2.22. The highest BCUT2D eigenvalue weighted by molar-refractivity contribution is 5.92. The number of methoxy groups -OCH3 is 1. The average molecular weight is 315 g/mol. The molecule has 1 aliphatic heterocycles. The van der Waals surface area contributed by atoms with Gasteiger partial charge < -0.3 is 19.4 Å². The van der Waals surface area contributed by atoms with Gasteiger partial charge in [-0.3, -0.25) is 4.79 Å². The Hall–Kier alpha value is -2.34. The molecule has 1 atom stereocenters. The van der Waals surface area contributed by atoms with Gasteiger partial charge in [0.15, 0.2) is 0 Å². The summed E-state index contributed by atoms with van der Waals surface area (Å²) >= 11 is 0. The standard InChI is InChI=1S/C17H21N3O3/c1-11-8-13(4-5-15(11)22-3)12(2)18-17(21)14-9-20-6-7-23-10-16(20)19-14/h4-5,8-9,12H,6-7,10H2,1-3H3,(H,18,21)/t12-/m1/s1. The number of nitrogens with zero attached hydrogens (tertiary/aromatic N) is 2. The highest BCUT2D eigenvalue weighted by Gasteiger charge is 2.19. The van der Waals surface area contributed by atoms with Gasteiger partial charge in [0, 0.05) is 12.7 Å². The van der Waals surface area contributed by atoms with Crippen LogP contribution in [0.4, 0.5) is 0 Å². The van der Waals surface area contributed by atoms with Gasteiger partial charge in [-0.1, -0.05) is 12.1 Å². The third-order valence-electron chi connectivity index (χ3n) is 4.07. The molecule has 0 bridgehead atoms. The lowest BCUT2D eigenvalue weighted by molar-refractivity contribution is 0.0815. The van der Waals surface area contributed by atoms with E-state index in [0.717, 1.165) is 29.2 Å². The maximum absolute atomic E-state index is 12.4. The smallest absolute Gasteiger partial charge is 0.271 e. The van der Waals surface area contributed by atoms with Crippen LogP contribution in [0, 0.1) is 6.92 Å². The Morgan fingerprint density at radius 2 is 2.30 bits per heavy atom. The summed E-state index contributed by atoms with van der Waals surface area (Å²) in [6.45, 7) is 5.80. The topological polar surface area (TPSA) is 65.4 Å². The van der Waals surface area contributed by atoms with Gasteiger partial charge in [-0.25, -0.2) is 4.98 Å². The van der Waals surface area contributed by atoms with E-state index in [1.165, 1.54) is 0 Å². The first-order chi connectivity index (χ1) is 11.1. The van der Waals surface area contributed by atoms with E-state index in [4.69, 9.17) is 9.47 Å². The quantitative estimate of drug-likeness (QED) is 0.939. The van der Waals surface area contributed by atoms with Crippen LogP contribution in [0.2, 0.25) is 0 Å². The second-order valence-corrected chi connectivity index (χ2v) is 5.71. The normalized spacial score (nSPS) is 14.9. The number of carbonyl (C=O) groups excluding carboxylic acids is 1. The van der Waals surface area contributed by atoms with E-state index in [1.54, 1.807) is 13.3 Å².